The summed E-state index contributed by atoms with van der Waals surface area (Å²) in [5.74, 6) is 0.461. The molecule has 206 valence electrons. The number of methoxy groups -OCH3 is 1. The van der Waals surface area contributed by atoms with Gasteiger partial charge < -0.3 is 9.47 Å². The summed E-state index contributed by atoms with van der Waals surface area (Å²) in [6.07, 6.45) is 8.73. The lowest BCUT2D eigenvalue weighted by Crippen LogP contribution is -2.23. The van der Waals surface area contributed by atoms with Crippen LogP contribution in [0, 0.1) is 5.82 Å². The number of hydrogen-bond donors (Lipinski definition) is 0. The second-order valence-electron chi connectivity index (χ2n) is 9.86. The third-order valence-electron chi connectivity index (χ3n) is 7.01. The van der Waals surface area contributed by atoms with Crippen LogP contribution in [0.4, 0.5) is 4.39 Å². The Kier molecular flexibility index (Phi) is 6.96. The molecule has 10 heteroatoms. The molecule has 1 fully saturated rings. The largest absolute Gasteiger partial charge is 0.496 e. The highest BCUT2D eigenvalue weighted by Crippen LogP contribution is 2.35. The number of halogens is 1. The Balaban J connectivity index is 1.24. The Morgan fingerprint density at radius 2 is 1.80 bits per heavy atom. The maximum Gasteiger partial charge on any atom is 0.321 e. The average molecular weight is 552 g/mol. The predicted molar refractivity (Wildman–Crippen MR) is 150 cm³/mol. The van der Waals surface area contributed by atoms with E-state index in [1.807, 2.05) is 19.1 Å². The minimum absolute atomic E-state index is 0.0233. The van der Waals surface area contributed by atoms with Crippen molar-refractivity contribution in [1.29, 1.82) is 0 Å². The van der Waals surface area contributed by atoms with Crippen LogP contribution in [0.15, 0.2) is 72.0 Å². The first-order valence-corrected chi connectivity index (χ1v) is 13.3. The number of fused-ring (bicyclic) bond motifs is 1. The molecular weight excluding hydrogens is 525 g/mol. The predicted octanol–water partition coefficient (Wildman–Crippen LogP) is 5.51. The topological polar surface area (TPSA) is 109 Å². The summed E-state index contributed by atoms with van der Waals surface area (Å²) in [6.45, 7) is 2.05. The number of hydrogen-bond acceptors (Lipinski definition) is 8. The normalized spacial score (nSPS) is 12.9. The van der Waals surface area contributed by atoms with Gasteiger partial charge in [-0.05, 0) is 72.9 Å². The molecule has 0 spiro atoms. The first kappa shape index (κ1) is 26.2. The summed E-state index contributed by atoms with van der Waals surface area (Å²) in [5, 5.41) is 5.21. The van der Waals surface area contributed by atoms with Gasteiger partial charge in [0.2, 0.25) is 5.43 Å². The van der Waals surface area contributed by atoms with Crippen LogP contribution in [0.25, 0.3) is 22.2 Å². The number of Topliss-reactive ketones (excluding diaryl/α,β-unsaturated/α-hetero) is 1. The molecule has 0 bridgehead atoms. The van der Waals surface area contributed by atoms with E-state index in [1.165, 1.54) is 42.9 Å². The number of aryl methyl sites for hydroxylation is 1. The van der Waals surface area contributed by atoms with Gasteiger partial charge >= 0.3 is 6.01 Å². The van der Waals surface area contributed by atoms with E-state index in [0.29, 0.717) is 16.9 Å². The molecular formula is C31H26FN5O4. The molecule has 9 nitrogen and oxygen atoms in total. The standard InChI is InChI=1S/C31H26FN5O4/c1-3-19-13-25-23(14-28(19)40-2)27(10-11-33-25)41-31-34-15-18(16-35-31)12-26(38)24-17-37(22-8-9-22)36-29(30(24)39)20-4-6-21(32)7-5-20/h4-7,10-11,13-17,22H,3,8-9,12H2,1-2H3. The van der Waals surface area contributed by atoms with Crippen LogP contribution in [0.1, 0.15) is 47.3 Å². The van der Waals surface area contributed by atoms with Crippen molar-refractivity contribution < 1.29 is 18.7 Å². The zero-order chi connectivity index (χ0) is 28.5. The second kappa shape index (κ2) is 10.9. The number of rotatable bonds is 9. The fourth-order valence-corrected chi connectivity index (χ4v) is 4.64. The highest BCUT2D eigenvalue weighted by molar-refractivity contribution is 5.97. The Hall–Kier alpha value is -4.99. The molecule has 41 heavy (non-hydrogen) atoms. The summed E-state index contributed by atoms with van der Waals surface area (Å²) in [7, 11) is 1.62. The third kappa shape index (κ3) is 5.41. The molecule has 0 saturated heterocycles. The molecule has 1 aliphatic rings. The molecule has 3 aromatic heterocycles. The number of nitrogens with zero attached hydrogens (tertiary/aromatic N) is 5. The maximum atomic E-state index is 13.5. The molecule has 6 rings (SSSR count). The van der Waals surface area contributed by atoms with Crippen molar-refractivity contribution >= 4 is 16.7 Å². The molecule has 5 aromatic rings. The minimum Gasteiger partial charge on any atom is -0.496 e. The zero-order valence-electron chi connectivity index (χ0n) is 22.5. The maximum absolute atomic E-state index is 13.5. The van der Waals surface area contributed by atoms with Gasteiger partial charge in [0.15, 0.2) is 5.78 Å². The van der Waals surface area contributed by atoms with E-state index in [4.69, 9.17) is 9.47 Å². The van der Waals surface area contributed by atoms with Gasteiger partial charge in [0.25, 0.3) is 0 Å². The van der Waals surface area contributed by atoms with Crippen LogP contribution in [0.5, 0.6) is 17.5 Å². The minimum atomic E-state index is -0.495. The van der Waals surface area contributed by atoms with Gasteiger partial charge in [0, 0.05) is 42.2 Å². The zero-order valence-corrected chi connectivity index (χ0v) is 22.5. The molecule has 0 amide bonds. The highest BCUT2D eigenvalue weighted by Gasteiger charge is 2.27. The van der Waals surface area contributed by atoms with E-state index in [0.717, 1.165) is 41.5 Å². The molecule has 0 aliphatic heterocycles. The number of carbonyl (C=O) groups excluding carboxylic acids is 1. The molecule has 0 atom stereocenters. The lowest BCUT2D eigenvalue weighted by atomic mass is 10.0. The van der Waals surface area contributed by atoms with Crippen LogP contribution >= 0.6 is 0 Å². The summed E-state index contributed by atoms with van der Waals surface area (Å²) < 4.78 is 26.6. The molecule has 3 heterocycles. The van der Waals surface area contributed by atoms with Gasteiger partial charge in [0.05, 0.1) is 24.2 Å². The van der Waals surface area contributed by atoms with Crippen molar-refractivity contribution in [3.63, 3.8) is 0 Å². The van der Waals surface area contributed by atoms with Gasteiger partial charge in [0.1, 0.15) is 23.0 Å². The van der Waals surface area contributed by atoms with E-state index in [-0.39, 0.29) is 35.5 Å². The van der Waals surface area contributed by atoms with Crippen molar-refractivity contribution in [3.8, 4) is 28.8 Å². The second-order valence-corrected chi connectivity index (χ2v) is 9.86. The number of benzene rings is 2. The van der Waals surface area contributed by atoms with E-state index in [9.17, 15) is 14.0 Å². The smallest absolute Gasteiger partial charge is 0.321 e. The van der Waals surface area contributed by atoms with Crippen molar-refractivity contribution in [2.75, 3.05) is 7.11 Å². The lowest BCUT2D eigenvalue weighted by Gasteiger charge is -2.12. The summed E-state index contributed by atoms with van der Waals surface area (Å²) in [4.78, 5) is 39.6. The first-order chi connectivity index (χ1) is 19.9. The number of ether oxygens (including phenoxy) is 2. The molecule has 2 aromatic carbocycles. The van der Waals surface area contributed by atoms with E-state index >= 15 is 0 Å². The van der Waals surface area contributed by atoms with Crippen molar-refractivity contribution in [2.24, 2.45) is 0 Å². The Bertz CT molecular complexity index is 1820. The van der Waals surface area contributed by atoms with Crippen molar-refractivity contribution in [2.45, 2.75) is 38.6 Å². The molecule has 0 radical (unpaired) electrons. The van der Waals surface area contributed by atoms with E-state index in [2.05, 4.69) is 20.1 Å². The van der Waals surface area contributed by atoms with E-state index < -0.39 is 11.2 Å². The van der Waals surface area contributed by atoms with Crippen LogP contribution < -0.4 is 14.9 Å². The fourth-order valence-electron chi connectivity index (χ4n) is 4.64. The van der Waals surface area contributed by atoms with Gasteiger partial charge in [-0.15, -0.1) is 0 Å². The highest BCUT2D eigenvalue weighted by atomic mass is 19.1. The summed E-state index contributed by atoms with van der Waals surface area (Å²) in [5.41, 5.74) is 2.43. The van der Waals surface area contributed by atoms with Crippen molar-refractivity contribution in [1.82, 2.24) is 24.7 Å². The van der Waals surface area contributed by atoms with Gasteiger partial charge in [-0.25, -0.2) is 14.4 Å². The lowest BCUT2D eigenvalue weighted by molar-refractivity contribution is 0.0990. The monoisotopic (exact) mass is 551 g/mol. The fraction of sp³-hybridized carbons (Fsp3) is 0.226. The Morgan fingerprint density at radius 3 is 2.49 bits per heavy atom. The molecule has 1 aliphatic carbocycles. The number of aromatic nitrogens is 5. The average Bonchev–Trinajstić information content (AvgIpc) is 3.84. The van der Waals surface area contributed by atoms with Crippen LogP contribution in [-0.2, 0) is 12.8 Å². The number of pyridine rings is 1. The molecule has 1 saturated carbocycles. The SMILES string of the molecule is CCc1cc2nccc(Oc3ncc(CC(=O)c4cn(C5CC5)nc(-c5ccc(F)cc5)c4=O)cn3)c2cc1OC. The van der Waals surface area contributed by atoms with Crippen LogP contribution in [-0.4, -0.2) is 37.6 Å². The summed E-state index contributed by atoms with van der Waals surface area (Å²) in [6, 6.07) is 11.3. The number of carbonyl (C=O) groups is 1. The van der Waals surface area contributed by atoms with Crippen LogP contribution in [0.3, 0.4) is 0 Å². The van der Waals surface area contributed by atoms with E-state index in [1.54, 1.807) is 24.1 Å². The van der Waals surface area contributed by atoms with Gasteiger partial charge in [-0.2, -0.15) is 5.10 Å². The van der Waals surface area contributed by atoms with Gasteiger partial charge in [-0.1, -0.05) is 6.92 Å². The molecule has 0 N–H and O–H groups in total. The number of ketones is 1. The first-order valence-electron chi connectivity index (χ1n) is 13.3. The van der Waals surface area contributed by atoms with Crippen molar-refractivity contribution in [3.05, 3.63) is 100.0 Å². The Morgan fingerprint density at radius 1 is 1.05 bits per heavy atom. The third-order valence-corrected chi connectivity index (χ3v) is 7.01. The van der Waals surface area contributed by atoms with Crippen LogP contribution in [0.2, 0.25) is 0 Å². The quantitative estimate of drug-likeness (QED) is 0.221. The molecule has 0 unspecified atom stereocenters. The van der Waals surface area contributed by atoms with Gasteiger partial charge in [-0.3, -0.25) is 19.3 Å². The summed E-state index contributed by atoms with van der Waals surface area (Å²) >= 11 is 0. The Labute approximate surface area is 234 Å².